The van der Waals surface area contributed by atoms with Crippen molar-refractivity contribution >= 4 is 22.6 Å². The van der Waals surface area contributed by atoms with Gasteiger partial charge in [-0.1, -0.05) is 11.6 Å². The average Bonchev–Trinajstić information content (AvgIpc) is 2.84. The number of fused-ring (bicyclic) bond motifs is 1. The highest BCUT2D eigenvalue weighted by molar-refractivity contribution is 6.35. The Balaban J connectivity index is 1.98. The zero-order chi connectivity index (χ0) is 12.5. The van der Waals surface area contributed by atoms with Crippen LogP contribution in [0.4, 0.5) is 0 Å². The lowest BCUT2D eigenvalue weighted by molar-refractivity contribution is 0.0934. The van der Waals surface area contributed by atoms with E-state index >= 15 is 0 Å². The molecule has 1 saturated heterocycles. The molecule has 2 aromatic heterocycles. The Morgan fingerprint density at radius 1 is 1.50 bits per heavy atom. The van der Waals surface area contributed by atoms with Gasteiger partial charge in [-0.05, 0) is 25.5 Å². The van der Waals surface area contributed by atoms with Crippen molar-refractivity contribution in [2.24, 2.45) is 5.92 Å². The number of nitrogens with zero attached hydrogens (tertiary/aromatic N) is 1. The number of aliphatic hydroxyl groups is 1. The summed E-state index contributed by atoms with van der Waals surface area (Å²) in [6.45, 7) is 1.89. The molecular formula is C13H16ClN3O. The number of nitrogens with one attached hydrogen (secondary N) is 2. The van der Waals surface area contributed by atoms with Gasteiger partial charge in [0.25, 0.3) is 0 Å². The number of rotatable bonds is 2. The molecule has 2 atom stereocenters. The largest absolute Gasteiger partial charge is 0.388 e. The van der Waals surface area contributed by atoms with Crippen LogP contribution in [0.2, 0.25) is 5.02 Å². The van der Waals surface area contributed by atoms with E-state index in [4.69, 9.17) is 11.6 Å². The lowest BCUT2D eigenvalue weighted by atomic mass is 9.89. The summed E-state index contributed by atoms with van der Waals surface area (Å²) < 4.78 is 0. The number of hydrogen-bond acceptors (Lipinski definition) is 3. The Hall–Kier alpha value is -1.10. The van der Waals surface area contributed by atoms with E-state index < -0.39 is 6.10 Å². The van der Waals surface area contributed by atoms with Crippen LogP contribution in [0.3, 0.4) is 0 Å². The second kappa shape index (κ2) is 4.88. The highest BCUT2D eigenvalue weighted by Crippen LogP contribution is 2.34. The van der Waals surface area contributed by atoms with Crippen LogP contribution in [0.25, 0.3) is 11.0 Å². The molecule has 0 aliphatic carbocycles. The highest BCUT2D eigenvalue weighted by atomic mass is 35.5. The van der Waals surface area contributed by atoms with Gasteiger partial charge in [0.2, 0.25) is 0 Å². The lowest BCUT2D eigenvalue weighted by Gasteiger charge is -2.27. The minimum Gasteiger partial charge on any atom is -0.388 e. The fraction of sp³-hybridized carbons (Fsp3) is 0.462. The van der Waals surface area contributed by atoms with Crippen molar-refractivity contribution in [1.29, 1.82) is 0 Å². The van der Waals surface area contributed by atoms with Crippen LogP contribution >= 0.6 is 11.6 Å². The first-order chi connectivity index (χ1) is 8.77. The zero-order valence-electron chi connectivity index (χ0n) is 9.99. The van der Waals surface area contributed by atoms with Crippen LogP contribution in [0.15, 0.2) is 18.5 Å². The number of piperidine rings is 1. The number of aromatic amines is 1. The average molecular weight is 266 g/mol. The number of pyridine rings is 1. The number of aliphatic hydroxyl groups excluding tert-OH is 1. The van der Waals surface area contributed by atoms with Crippen LogP contribution in [0.1, 0.15) is 24.5 Å². The van der Waals surface area contributed by atoms with E-state index in [0.717, 1.165) is 42.5 Å². The van der Waals surface area contributed by atoms with Crippen molar-refractivity contribution in [3.63, 3.8) is 0 Å². The molecule has 2 unspecified atom stereocenters. The van der Waals surface area contributed by atoms with Gasteiger partial charge in [0.1, 0.15) is 5.65 Å². The van der Waals surface area contributed by atoms with Gasteiger partial charge in [-0.2, -0.15) is 0 Å². The van der Waals surface area contributed by atoms with Gasteiger partial charge in [0, 0.05) is 35.8 Å². The van der Waals surface area contributed by atoms with Gasteiger partial charge in [0.15, 0.2) is 0 Å². The monoisotopic (exact) mass is 265 g/mol. The lowest BCUT2D eigenvalue weighted by Crippen LogP contribution is -2.33. The molecule has 2 aromatic rings. The molecule has 0 radical (unpaired) electrons. The molecule has 5 heteroatoms. The van der Waals surface area contributed by atoms with Crippen LogP contribution < -0.4 is 5.32 Å². The molecule has 0 bridgehead atoms. The Bertz CT molecular complexity index is 548. The minimum absolute atomic E-state index is 0.244. The Morgan fingerprint density at radius 2 is 2.39 bits per heavy atom. The van der Waals surface area contributed by atoms with E-state index in [2.05, 4.69) is 15.3 Å². The molecule has 1 fully saturated rings. The van der Waals surface area contributed by atoms with E-state index in [0.29, 0.717) is 5.02 Å². The maximum atomic E-state index is 10.5. The molecule has 3 heterocycles. The van der Waals surface area contributed by atoms with Crippen LogP contribution in [-0.2, 0) is 0 Å². The first-order valence-corrected chi connectivity index (χ1v) is 6.65. The van der Waals surface area contributed by atoms with E-state index in [1.54, 1.807) is 12.3 Å². The molecular weight excluding hydrogens is 250 g/mol. The van der Waals surface area contributed by atoms with Crippen molar-refractivity contribution < 1.29 is 5.11 Å². The molecule has 4 nitrogen and oxygen atoms in total. The number of aromatic nitrogens is 2. The number of halogens is 1. The summed E-state index contributed by atoms with van der Waals surface area (Å²) in [6, 6.07) is 1.76. The van der Waals surface area contributed by atoms with Gasteiger partial charge in [-0.3, -0.25) is 0 Å². The van der Waals surface area contributed by atoms with E-state index in [1.165, 1.54) is 0 Å². The molecule has 0 spiro atoms. The van der Waals surface area contributed by atoms with Gasteiger partial charge in [-0.15, -0.1) is 0 Å². The standard InChI is InChI=1S/C13H16ClN3O/c14-10-3-5-16-13-11(10)9(7-17-13)12(18)8-2-1-4-15-6-8/h3,5,7-8,12,15,18H,1-2,4,6H2,(H,16,17). The normalized spacial score (nSPS) is 22.2. The molecule has 0 amide bonds. The van der Waals surface area contributed by atoms with Gasteiger partial charge >= 0.3 is 0 Å². The molecule has 3 rings (SSSR count). The first kappa shape index (κ1) is 12.0. The SMILES string of the molecule is OC(c1c[nH]c2nccc(Cl)c12)C1CCCNC1. The topological polar surface area (TPSA) is 60.9 Å². The van der Waals surface area contributed by atoms with Crippen molar-refractivity contribution in [2.75, 3.05) is 13.1 Å². The summed E-state index contributed by atoms with van der Waals surface area (Å²) in [6.07, 6.45) is 5.14. The predicted octanol–water partition coefficient (Wildman–Crippen LogP) is 2.25. The third-order valence-corrected chi connectivity index (χ3v) is 3.97. The van der Waals surface area contributed by atoms with E-state index in [-0.39, 0.29) is 5.92 Å². The maximum Gasteiger partial charge on any atom is 0.139 e. The molecule has 1 aliphatic heterocycles. The van der Waals surface area contributed by atoms with Gasteiger partial charge < -0.3 is 15.4 Å². The van der Waals surface area contributed by atoms with Crippen molar-refractivity contribution in [1.82, 2.24) is 15.3 Å². The smallest absolute Gasteiger partial charge is 0.139 e. The van der Waals surface area contributed by atoms with Crippen molar-refractivity contribution in [2.45, 2.75) is 18.9 Å². The third kappa shape index (κ3) is 2.00. The Labute approximate surface area is 110 Å². The highest BCUT2D eigenvalue weighted by Gasteiger charge is 2.25. The summed E-state index contributed by atoms with van der Waals surface area (Å²) in [5.74, 6) is 0.244. The number of hydrogen-bond donors (Lipinski definition) is 3. The van der Waals surface area contributed by atoms with Crippen LogP contribution in [-0.4, -0.2) is 28.2 Å². The molecule has 0 saturated carbocycles. The van der Waals surface area contributed by atoms with Crippen LogP contribution in [0.5, 0.6) is 0 Å². The fourth-order valence-corrected chi connectivity index (χ4v) is 2.93. The predicted molar refractivity (Wildman–Crippen MR) is 71.7 cm³/mol. The fourth-order valence-electron chi connectivity index (χ4n) is 2.68. The zero-order valence-corrected chi connectivity index (χ0v) is 10.7. The molecule has 3 N–H and O–H groups in total. The van der Waals surface area contributed by atoms with Crippen molar-refractivity contribution in [3.8, 4) is 0 Å². The second-order valence-electron chi connectivity index (χ2n) is 4.81. The molecule has 0 aromatic carbocycles. The van der Waals surface area contributed by atoms with Crippen LogP contribution in [0, 0.1) is 5.92 Å². The summed E-state index contributed by atoms with van der Waals surface area (Å²) >= 11 is 6.20. The maximum absolute atomic E-state index is 10.5. The Morgan fingerprint density at radius 3 is 3.17 bits per heavy atom. The Kier molecular flexibility index (Phi) is 3.24. The number of H-pyrrole nitrogens is 1. The van der Waals surface area contributed by atoms with Gasteiger partial charge in [-0.25, -0.2) is 4.98 Å². The summed E-state index contributed by atoms with van der Waals surface area (Å²) in [4.78, 5) is 7.30. The first-order valence-electron chi connectivity index (χ1n) is 6.27. The van der Waals surface area contributed by atoms with Gasteiger partial charge in [0.05, 0.1) is 11.1 Å². The quantitative estimate of drug-likeness (QED) is 0.781. The van der Waals surface area contributed by atoms with Crippen molar-refractivity contribution in [3.05, 3.63) is 29.0 Å². The minimum atomic E-state index is -0.492. The third-order valence-electron chi connectivity index (χ3n) is 3.65. The second-order valence-corrected chi connectivity index (χ2v) is 5.22. The molecule has 1 aliphatic rings. The molecule has 96 valence electrons. The summed E-state index contributed by atoms with van der Waals surface area (Å²) in [5.41, 5.74) is 1.59. The van der Waals surface area contributed by atoms with E-state index in [1.807, 2.05) is 6.20 Å². The molecule has 18 heavy (non-hydrogen) atoms. The van der Waals surface area contributed by atoms with E-state index in [9.17, 15) is 5.11 Å². The summed E-state index contributed by atoms with van der Waals surface area (Å²) in [7, 11) is 0. The summed E-state index contributed by atoms with van der Waals surface area (Å²) in [5, 5.41) is 15.3.